The maximum atomic E-state index is 11.5. The fourth-order valence-electron chi connectivity index (χ4n) is 2.31. The molecule has 0 aliphatic rings. The van der Waals surface area contributed by atoms with Crippen molar-refractivity contribution in [2.24, 2.45) is 10.2 Å². The van der Waals surface area contributed by atoms with Gasteiger partial charge in [0.2, 0.25) is 0 Å². The number of ether oxygens (including phenoxy) is 1. The van der Waals surface area contributed by atoms with E-state index in [1.54, 1.807) is 0 Å². The number of aromatic nitrogens is 1. The molecule has 13 nitrogen and oxygen atoms in total. The Kier molecular flexibility index (Phi) is 7.28. The topological polar surface area (TPSA) is 202 Å². The van der Waals surface area contributed by atoms with Gasteiger partial charge in [0.1, 0.15) is 10.8 Å². The van der Waals surface area contributed by atoms with Gasteiger partial charge < -0.3 is 20.1 Å². The van der Waals surface area contributed by atoms with Crippen molar-refractivity contribution in [2.75, 3.05) is 0 Å². The zero-order valence-electron chi connectivity index (χ0n) is 15.6. The Hall–Kier alpha value is -3.97. The second-order valence-corrected chi connectivity index (χ2v) is 6.25. The Morgan fingerprint density at radius 3 is 2.52 bits per heavy atom. The lowest BCUT2D eigenvalue weighted by Gasteiger charge is -2.13. The number of benzene rings is 1. The normalized spacial score (nSPS) is 11.1. The third-order valence-electron chi connectivity index (χ3n) is 3.81. The molecule has 0 saturated heterocycles. The van der Waals surface area contributed by atoms with Crippen LogP contribution in [0, 0.1) is 17.0 Å². The molecule has 0 radical (unpaired) electrons. The lowest BCUT2D eigenvalue weighted by atomic mass is 10.1. The largest absolute Gasteiger partial charge is 0.505 e. The van der Waals surface area contributed by atoms with E-state index in [2.05, 4.69) is 15.2 Å². The summed E-state index contributed by atoms with van der Waals surface area (Å²) in [6.45, 7) is 0.573. The number of pyridine rings is 1. The van der Waals surface area contributed by atoms with Gasteiger partial charge in [-0.25, -0.2) is 14.6 Å². The van der Waals surface area contributed by atoms with Gasteiger partial charge in [0.25, 0.3) is 11.8 Å². The molecule has 3 N–H and O–H groups in total. The number of azo groups is 1. The Balaban J connectivity index is 2.50. The van der Waals surface area contributed by atoms with E-state index in [-0.39, 0.29) is 39.6 Å². The van der Waals surface area contributed by atoms with E-state index >= 15 is 0 Å². The van der Waals surface area contributed by atoms with Crippen molar-refractivity contribution in [1.29, 1.82) is 0 Å². The number of carbonyl (C=O) groups excluding carboxylic acids is 1. The first kappa shape index (κ1) is 23.3. The fraction of sp³-hybridized carbons (Fsp3) is 0.176. The summed E-state index contributed by atoms with van der Waals surface area (Å²) in [5.74, 6) is -4.43. The average Bonchev–Trinajstić information content (AvgIpc) is 2.69. The highest BCUT2D eigenvalue weighted by Gasteiger charge is 2.28. The van der Waals surface area contributed by atoms with Crippen molar-refractivity contribution in [3.63, 3.8) is 0 Å². The highest BCUT2D eigenvalue weighted by atomic mass is 35.5. The molecule has 0 aliphatic carbocycles. The lowest BCUT2D eigenvalue weighted by molar-refractivity contribution is -0.384. The SMILES string of the molecule is Cc1nc(/N=N/c2ccc(Cl)c([N+](=O)[O-])c2)c(COC(C(=O)O)C(=O)O)c(C=O)c1O. The Labute approximate surface area is 177 Å². The number of carbonyl (C=O) groups is 3. The number of nitro benzene ring substituents is 1. The number of aliphatic carboxylic acids is 2. The lowest BCUT2D eigenvalue weighted by Crippen LogP contribution is -2.32. The zero-order valence-corrected chi connectivity index (χ0v) is 16.3. The molecule has 0 amide bonds. The molecular weight excluding hydrogens is 440 g/mol. The number of aldehydes is 1. The van der Waals surface area contributed by atoms with Gasteiger partial charge >= 0.3 is 11.9 Å². The van der Waals surface area contributed by atoms with Crippen molar-refractivity contribution in [3.05, 3.63) is 50.2 Å². The van der Waals surface area contributed by atoms with E-state index in [1.807, 2.05) is 0 Å². The van der Waals surface area contributed by atoms with Gasteiger partial charge in [-0.1, -0.05) is 11.6 Å². The van der Waals surface area contributed by atoms with Crippen LogP contribution in [0.3, 0.4) is 0 Å². The van der Waals surface area contributed by atoms with Crippen LogP contribution in [0.2, 0.25) is 5.02 Å². The third kappa shape index (κ3) is 5.34. The zero-order chi connectivity index (χ0) is 23.3. The first-order valence-electron chi connectivity index (χ1n) is 8.17. The molecule has 0 fully saturated rings. The van der Waals surface area contributed by atoms with Crippen LogP contribution < -0.4 is 0 Å². The van der Waals surface area contributed by atoms with Crippen molar-refractivity contribution in [3.8, 4) is 5.75 Å². The van der Waals surface area contributed by atoms with E-state index in [1.165, 1.54) is 19.1 Å². The van der Waals surface area contributed by atoms with Crippen LogP contribution in [0.4, 0.5) is 17.2 Å². The van der Waals surface area contributed by atoms with Crippen LogP contribution in [-0.4, -0.2) is 49.6 Å². The summed E-state index contributed by atoms with van der Waals surface area (Å²) in [4.78, 5) is 47.6. The molecule has 2 rings (SSSR count). The third-order valence-corrected chi connectivity index (χ3v) is 4.13. The molecule has 0 aliphatic heterocycles. The number of aryl methyl sites for hydroxylation is 1. The number of hydrogen-bond donors (Lipinski definition) is 3. The first-order chi connectivity index (χ1) is 14.6. The van der Waals surface area contributed by atoms with Crippen molar-refractivity contribution >= 4 is 47.0 Å². The van der Waals surface area contributed by atoms with Crippen molar-refractivity contribution < 1.29 is 39.4 Å². The van der Waals surface area contributed by atoms with Crippen molar-refractivity contribution in [2.45, 2.75) is 19.6 Å². The second kappa shape index (κ2) is 9.69. The fourth-order valence-corrected chi connectivity index (χ4v) is 2.50. The highest BCUT2D eigenvalue weighted by Crippen LogP contribution is 2.33. The van der Waals surface area contributed by atoms with Crippen LogP contribution >= 0.6 is 11.6 Å². The van der Waals surface area contributed by atoms with E-state index in [4.69, 9.17) is 26.6 Å². The number of nitrogens with zero attached hydrogens (tertiary/aromatic N) is 4. The molecule has 0 spiro atoms. The maximum Gasteiger partial charge on any atom is 0.344 e. The average molecular weight is 453 g/mol. The molecule has 0 atom stereocenters. The van der Waals surface area contributed by atoms with E-state index in [9.17, 15) is 29.6 Å². The molecule has 0 bridgehead atoms. The Morgan fingerprint density at radius 2 is 1.97 bits per heavy atom. The number of nitro groups is 1. The van der Waals surface area contributed by atoms with Gasteiger partial charge in [0, 0.05) is 11.6 Å². The smallest absolute Gasteiger partial charge is 0.344 e. The number of carboxylic acids is 2. The molecule has 0 saturated carbocycles. The van der Waals surface area contributed by atoms with Gasteiger partial charge in [-0.2, -0.15) is 0 Å². The van der Waals surface area contributed by atoms with Gasteiger partial charge in [0.15, 0.2) is 12.1 Å². The highest BCUT2D eigenvalue weighted by molar-refractivity contribution is 6.32. The summed E-state index contributed by atoms with van der Waals surface area (Å²) < 4.78 is 4.83. The van der Waals surface area contributed by atoms with E-state index in [0.29, 0.717) is 0 Å². The minimum absolute atomic E-state index is 0.00269. The number of halogens is 1. The molecule has 1 aromatic carbocycles. The monoisotopic (exact) mass is 452 g/mol. The molecule has 14 heteroatoms. The molecular formula is C17H13ClN4O9. The molecule has 162 valence electrons. The summed E-state index contributed by atoms with van der Waals surface area (Å²) in [5.41, 5.74) is -1.07. The number of rotatable bonds is 9. The van der Waals surface area contributed by atoms with Crippen molar-refractivity contribution in [1.82, 2.24) is 4.98 Å². The van der Waals surface area contributed by atoms with E-state index in [0.717, 1.165) is 6.07 Å². The molecule has 1 heterocycles. The standard InChI is InChI=1S/C17H13ClN4O9/c1-7-13(24)9(5-23)10(6-31-14(16(25)26)17(27)28)15(19-7)21-20-8-2-3-11(18)12(4-8)22(29)30/h2-5,14,24H,6H2,1H3,(H,25,26)(H,27,28)/b21-20+. The van der Waals surface area contributed by atoms with Crippen LogP contribution in [0.1, 0.15) is 21.6 Å². The minimum atomic E-state index is -2.26. The first-order valence-corrected chi connectivity index (χ1v) is 8.55. The van der Waals surface area contributed by atoms with Crippen LogP contribution in [0.15, 0.2) is 28.4 Å². The Morgan fingerprint density at radius 1 is 1.32 bits per heavy atom. The number of carboxylic acid groups (broad SMARTS) is 2. The molecule has 2 aromatic rings. The second-order valence-electron chi connectivity index (χ2n) is 5.84. The summed E-state index contributed by atoms with van der Waals surface area (Å²) >= 11 is 5.73. The predicted molar refractivity (Wildman–Crippen MR) is 102 cm³/mol. The number of hydrogen-bond acceptors (Lipinski definition) is 10. The summed E-state index contributed by atoms with van der Waals surface area (Å²) in [7, 11) is 0. The van der Waals surface area contributed by atoms with Crippen LogP contribution in [0.25, 0.3) is 0 Å². The van der Waals surface area contributed by atoms with E-state index < -0.39 is 41.0 Å². The summed E-state index contributed by atoms with van der Waals surface area (Å²) in [5, 5.41) is 46.3. The number of aromatic hydroxyl groups is 1. The summed E-state index contributed by atoms with van der Waals surface area (Å²) in [6, 6.07) is 3.56. The molecule has 1 aromatic heterocycles. The van der Waals surface area contributed by atoms with Gasteiger partial charge in [-0.3, -0.25) is 14.9 Å². The minimum Gasteiger partial charge on any atom is -0.505 e. The van der Waals surface area contributed by atoms with Crippen LogP contribution in [0.5, 0.6) is 5.75 Å². The summed E-state index contributed by atoms with van der Waals surface area (Å²) in [6.07, 6.45) is -2.03. The van der Waals surface area contributed by atoms with Gasteiger partial charge in [-0.05, 0) is 19.1 Å². The quantitative estimate of drug-likeness (QED) is 0.167. The molecule has 0 unspecified atom stereocenters. The predicted octanol–water partition coefficient (Wildman–Crippen LogP) is 2.94. The van der Waals surface area contributed by atoms with Gasteiger partial charge in [-0.15, -0.1) is 10.2 Å². The Bertz CT molecular complexity index is 1090. The molecule has 31 heavy (non-hydrogen) atoms. The maximum absolute atomic E-state index is 11.5. The van der Waals surface area contributed by atoms with Gasteiger partial charge in [0.05, 0.1) is 28.5 Å². The van der Waals surface area contributed by atoms with Crippen LogP contribution in [-0.2, 0) is 20.9 Å².